The summed E-state index contributed by atoms with van der Waals surface area (Å²) in [5.74, 6) is -0.765. The molecule has 1 aliphatic heterocycles. The Bertz CT molecular complexity index is 1040. The van der Waals surface area contributed by atoms with Gasteiger partial charge in [-0.25, -0.2) is 4.79 Å². The Labute approximate surface area is 154 Å². The van der Waals surface area contributed by atoms with Gasteiger partial charge in [0.25, 0.3) is 11.8 Å². The quantitative estimate of drug-likeness (QED) is 0.741. The lowest BCUT2D eigenvalue weighted by Gasteiger charge is -2.22. The van der Waals surface area contributed by atoms with Crippen LogP contribution in [0.3, 0.4) is 0 Å². The van der Waals surface area contributed by atoms with E-state index in [1.807, 2.05) is 0 Å². The fraction of sp³-hybridized carbons (Fsp3) is 0.263. The number of nitrogens with zero attached hydrogens (tertiary/aromatic N) is 3. The van der Waals surface area contributed by atoms with Crippen LogP contribution in [0.2, 0.25) is 0 Å². The second-order valence-corrected chi connectivity index (χ2v) is 6.41. The van der Waals surface area contributed by atoms with Gasteiger partial charge in [0.1, 0.15) is 0 Å². The van der Waals surface area contributed by atoms with E-state index in [9.17, 15) is 14.4 Å². The molecule has 8 heteroatoms. The maximum Gasteiger partial charge on any atom is 0.417 e. The summed E-state index contributed by atoms with van der Waals surface area (Å²) >= 11 is 0. The summed E-state index contributed by atoms with van der Waals surface area (Å²) in [5.41, 5.74) is 1.91. The molecule has 1 aromatic carbocycles. The highest BCUT2D eigenvalue weighted by Gasteiger charge is 2.24. The Morgan fingerprint density at radius 1 is 1.00 bits per heavy atom. The lowest BCUT2D eigenvalue weighted by atomic mass is 10.1. The van der Waals surface area contributed by atoms with Crippen LogP contribution in [0.4, 0.5) is 0 Å². The number of nitrogens with one attached hydrogen (secondary N) is 1. The summed E-state index contributed by atoms with van der Waals surface area (Å²) in [7, 11) is 0. The molecule has 0 radical (unpaired) electrons. The number of carbonyl (C=O) groups is 2. The first-order valence-corrected chi connectivity index (χ1v) is 8.73. The molecule has 1 saturated heterocycles. The summed E-state index contributed by atoms with van der Waals surface area (Å²) < 4.78 is 5.03. The number of oxazole rings is 1. The zero-order chi connectivity index (χ0) is 18.8. The summed E-state index contributed by atoms with van der Waals surface area (Å²) in [5, 5.41) is 0. The van der Waals surface area contributed by atoms with Crippen LogP contribution in [0, 0.1) is 0 Å². The SMILES string of the molecule is O=C(c1cccnc1)N1CCCN(C(=O)c2ccc3[nH]c(=O)oc3c2)CC1. The zero-order valence-electron chi connectivity index (χ0n) is 14.6. The number of benzene rings is 1. The van der Waals surface area contributed by atoms with Gasteiger partial charge in [0.2, 0.25) is 0 Å². The first kappa shape index (κ1) is 17.0. The van der Waals surface area contributed by atoms with Gasteiger partial charge in [-0.15, -0.1) is 0 Å². The van der Waals surface area contributed by atoms with Gasteiger partial charge in [-0.05, 0) is 36.8 Å². The van der Waals surface area contributed by atoms with E-state index in [4.69, 9.17) is 4.42 Å². The molecule has 27 heavy (non-hydrogen) atoms. The van der Waals surface area contributed by atoms with Gasteiger partial charge < -0.3 is 14.2 Å². The minimum Gasteiger partial charge on any atom is -0.408 e. The highest BCUT2D eigenvalue weighted by Crippen LogP contribution is 2.16. The molecular weight excluding hydrogens is 348 g/mol. The first-order chi connectivity index (χ1) is 13.1. The molecule has 8 nitrogen and oxygen atoms in total. The van der Waals surface area contributed by atoms with Crippen LogP contribution in [0.15, 0.2) is 51.9 Å². The fourth-order valence-electron chi connectivity index (χ4n) is 3.26. The first-order valence-electron chi connectivity index (χ1n) is 8.73. The van der Waals surface area contributed by atoms with Crippen molar-refractivity contribution in [2.45, 2.75) is 6.42 Å². The molecule has 3 heterocycles. The van der Waals surface area contributed by atoms with Crippen LogP contribution in [0.1, 0.15) is 27.1 Å². The van der Waals surface area contributed by atoms with Crippen molar-refractivity contribution < 1.29 is 14.0 Å². The third-order valence-electron chi connectivity index (χ3n) is 4.65. The van der Waals surface area contributed by atoms with Crippen molar-refractivity contribution in [1.29, 1.82) is 0 Å². The predicted octanol–water partition coefficient (Wildman–Crippen LogP) is 1.50. The second kappa shape index (κ2) is 7.06. The van der Waals surface area contributed by atoms with Crippen LogP contribution in [0.5, 0.6) is 0 Å². The number of aromatic amines is 1. The van der Waals surface area contributed by atoms with Gasteiger partial charge >= 0.3 is 5.76 Å². The molecule has 138 valence electrons. The van der Waals surface area contributed by atoms with E-state index < -0.39 is 5.76 Å². The molecule has 2 aromatic heterocycles. The Morgan fingerprint density at radius 2 is 1.74 bits per heavy atom. The smallest absolute Gasteiger partial charge is 0.408 e. The van der Waals surface area contributed by atoms with Crippen molar-refractivity contribution in [2.24, 2.45) is 0 Å². The Kier molecular flexibility index (Phi) is 4.45. The lowest BCUT2D eigenvalue weighted by Crippen LogP contribution is -2.37. The number of amides is 2. The minimum absolute atomic E-state index is 0.0760. The monoisotopic (exact) mass is 366 g/mol. The van der Waals surface area contributed by atoms with Gasteiger partial charge in [0, 0.05) is 44.1 Å². The highest BCUT2D eigenvalue weighted by molar-refractivity contribution is 5.97. The number of hydrogen-bond acceptors (Lipinski definition) is 5. The predicted molar refractivity (Wildman–Crippen MR) is 97.5 cm³/mol. The summed E-state index contributed by atoms with van der Waals surface area (Å²) in [4.78, 5) is 46.7. The van der Waals surface area contributed by atoms with Gasteiger partial charge in [0.15, 0.2) is 5.58 Å². The van der Waals surface area contributed by atoms with Crippen molar-refractivity contribution in [3.8, 4) is 0 Å². The van der Waals surface area contributed by atoms with Gasteiger partial charge in [-0.1, -0.05) is 0 Å². The van der Waals surface area contributed by atoms with Gasteiger partial charge in [-0.3, -0.25) is 19.6 Å². The number of hydrogen-bond donors (Lipinski definition) is 1. The molecule has 0 spiro atoms. The Balaban J connectivity index is 1.47. The summed E-state index contributed by atoms with van der Waals surface area (Å²) in [6.07, 6.45) is 3.87. The van der Waals surface area contributed by atoms with Crippen LogP contribution >= 0.6 is 0 Å². The van der Waals surface area contributed by atoms with Crippen LogP contribution in [-0.2, 0) is 0 Å². The van der Waals surface area contributed by atoms with Crippen molar-refractivity contribution in [3.05, 3.63) is 64.4 Å². The molecule has 0 atom stereocenters. The van der Waals surface area contributed by atoms with Crippen molar-refractivity contribution in [2.75, 3.05) is 26.2 Å². The van der Waals surface area contributed by atoms with E-state index >= 15 is 0 Å². The van der Waals surface area contributed by atoms with Crippen LogP contribution < -0.4 is 5.76 Å². The van der Waals surface area contributed by atoms with E-state index in [-0.39, 0.29) is 11.8 Å². The standard InChI is InChI=1S/C19H18N4O4/c24-17(13-4-5-15-16(11-13)27-19(26)21-15)22-7-2-8-23(10-9-22)18(25)14-3-1-6-20-12-14/h1,3-6,11-12H,2,7-10H2,(H,21,26). The van der Waals surface area contributed by atoms with Gasteiger partial charge in [-0.2, -0.15) is 0 Å². The molecule has 0 aliphatic carbocycles. The average molecular weight is 366 g/mol. The van der Waals surface area contributed by atoms with E-state index in [0.29, 0.717) is 54.8 Å². The molecule has 1 fully saturated rings. The van der Waals surface area contributed by atoms with Crippen molar-refractivity contribution in [3.63, 3.8) is 0 Å². The normalized spacial score (nSPS) is 15.0. The number of fused-ring (bicyclic) bond motifs is 1. The number of aromatic nitrogens is 2. The third kappa shape index (κ3) is 3.46. The van der Waals surface area contributed by atoms with Crippen LogP contribution in [0.25, 0.3) is 11.1 Å². The second-order valence-electron chi connectivity index (χ2n) is 6.41. The number of pyridine rings is 1. The lowest BCUT2D eigenvalue weighted by molar-refractivity contribution is 0.0718. The van der Waals surface area contributed by atoms with E-state index in [1.54, 1.807) is 52.5 Å². The summed E-state index contributed by atoms with van der Waals surface area (Å²) in [6.45, 7) is 2.05. The van der Waals surface area contributed by atoms with Crippen molar-refractivity contribution in [1.82, 2.24) is 19.8 Å². The Morgan fingerprint density at radius 3 is 2.44 bits per heavy atom. The molecule has 0 saturated carbocycles. The third-order valence-corrected chi connectivity index (χ3v) is 4.65. The summed E-state index contributed by atoms with van der Waals surface area (Å²) in [6, 6.07) is 8.36. The minimum atomic E-state index is -0.547. The van der Waals surface area contributed by atoms with E-state index in [0.717, 1.165) is 0 Å². The molecule has 0 unspecified atom stereocenters. The zero-order valence-corrected chi connectivity index (χ0v) is 14.6. The largest absolute Gasteiger partial charge is 0.417 e. The maximum atomic E-state index is 12.8. The Hall–Kier alpha value is -3.42. The molecule has 1 N–H and O–H groups in total. The topological polar surface area (TPSA) is 99.5 Å². The molecule has 1 aliphatic rings. The number of H-pyrrole nitrogens is 1. The molecule has 2 amide bonds. The van der Waals surface area contributed by atoms with Gasteiger partial charge in [0.05, 0.1) is 11.1 Å². The van der Waals surface area contributed by atoms with E-state index in [1.165, 1.54) is 0 Å². The van der Waals surface area contributed by atoms with Crippen LogP contribution in [-0.4, -0.2) is 57.8 Å². The molecule has 4 rings (SSSR count). The molecule has 0 bridgehead atoms. The molecular formula is C19H18N4O4. The maximum absolute atomic E-state index is 12.8. The highest BCUT2D eigenvalue weighted by atomic mass is 16.4. The average Bonchev–Trinajstić information content (AvgIpc) is 2.90. The fourth-order valence-corrected chi connectivity index (χ4v) is 3.26. The number of carbonyl (C=O) groups excluding carboxylic acids is 2. The van der Waals surface area contributed by atoms with Crippen molar-refractivity contribution >= 4 is 22.9 Å². The molecule has 3 aromatic rings. The van der Waals surface area contributed by atoms with E-state index in [2.05, 4.69) is 9.97 Å². The number of rotatable bonds is 2.